The van der Waals surface area contributed by atoms with Crippen molar-refractivity contribution in [3.05, 3.63) is 86.2 Å². The largest absolute Gasteiger partial charge is 0.458 e. The molecular formula is C32H34ClN7O3S. The number of amides is 2. The summed E-state index contributed by atoms with van der Waals surface area (Å²) in [6.07, 6.45) is 3.95. The van der Waals surface area contributed by atoms with Gasteiger partial charge >= 0.3 is 0 Å². The Labute approximate surface area is 265 Å². The van der Waals surface area contributed by atoms with E-state index in [0.717, 1.165) is 52.5 Å². The van der Waals surface area contributed by atoms with Crippen molar-refractivity contribution in [2.24, 2.45) is 10.7 Å². The lowest BCUT2D eigenvalue weighted by Crippen LogP contribution is -2.27. The van der Waals surface area contributed by atoms with E-state index in [0.29, 0.717) is 29.5 Å². The van der Waals surface area contributed by atoms with Crippen LogP contribution in [0.25, 0.3) is 5.00 Å². The first-order valence-electron chi connectivity index (χ1n) is 14.5. The minimum atomic E-state index is -0.514. The van der Waals surface area contributed by atoms with Crippen LogP contribution in [0.3, 0.4) is 0 Å². The monoisotopic (exact) mass is 631 g/mol. The molecule has 3 aromatic heterocycles. The summed E-state index contributed by atoms with van der Waals surface area (Å²) in [6, 6.07) is 8.70. The Kier molecular flexibility index (Phi) is 9.95. The van der Waals surface area contributed by atoms with Crippen LogP contribution in [0.15, 0.2) is 46.0 Å². The maximum atomic E-state index is 13.1. The van der Waals surface area contributed by atoms with Crippen LogP contribution in [-0.4, -0.2) is 51.9 Å². The van der Waals surface area contributed by atoms with Crippen LogP contribution in [0.2, 0.25) is 5.02 Å². The first kappa shape index (κ1) is 31.2. The molecule has 228 valence electrons. The average molecular weight is 632 g/mol. The zero-order valence-electron chi connectivity index (χ0n) is 24.9. The number of hydrogen-bond acceptors (Lipinski definition) is 8. The Balaban J connectivity index is 1.18. The summed E-state index contributed by atoms with van der Waals surface area (Å²) < 4.78 is 7.31. The number of aryl methyl sites for hydroxylation is 2. The van der Waals surface area contributed by atoms with Crippen LogP contribution in [0.4, 0.5) is 0 Å². The lowest BCUT2D eigenvalue weighted by Gasteiger charge is -2.13. The van der Waals surface area contributed by atoms with Gasteiger partial charge < -0.3 is 20.8 Å². The SMILES string of the molecule is Cc1sc2c(c1C)C(c1ccc(Cl)cc1)=N[C@@H](CC(=O)NCCCCCNC(=O)c1cc(C#CCN)co1)c1nnc(C)n1-2. The van der Waals surface area contributed by atoms with Gasteiger partial charge in [-0.05, 0) is 57.7 Å². The highest BCUT2D eigenvalue weighted by Gasteiger charge is 2.32. The highest BCUT2D eigenvalue weighted by atomic mass is 35.5. The number of furan rings is 1. The average Bonchev–Trinajstić information content (AvgIpc) is 3.69. The van der Waals surface area contributed by atoms with E-state index in [2.05, 4.69) is 46.5 Å². The van der Waals surface area contributed by atoms with Crippen molar-refractivity contribution >= 4 is 40.5 Å². The van der Waals surface area contributed by atoms with Gasteiger partial charge in [0.25, 0.3) is 5.91 Å². The van der Waals surface area contributed by atoms with E-state index in [1.165, 1.54) is 11.1 Å². The van der Waals surface area contributed by atoms with Crippen LogP contribution < -0.4 is 16.4 Å². The predicted molar refractivity (Wildman–Crippen MR) is 172 cm³/mol. The molecule has 5 rings (SSSR count). The molecule has 0 aliphatic carbocycles. The number of rotatable bonds is 10. The van der Waals surface area contributed by atoms with Gasteiger partial charge in [-0.1, -0.05) is 35.6 Å². The van der Waals surface area contributed by atoms with Crippen LogP contribution in [0, 0.1) is 32.6 Å². The van der Waals surface area contributed by atoms with Crippen LogP contribution in [0.1, 0.15) is 81.1 Å². The zero-order valence-corrected chi connectivity index (χ0v) is 26.4. The third-order valence-corrected chi connectivity index (χ3v) is 8.80. The number of halogens is 1. The Hall–Kier alpha value is -4.24. The molecule has 1 atom stereocenters. The summed E-state index contributed by atoms with van der Waals surface area (Å²) in [5.41, 5.74) is 9.90. The maximum absolute atomic E-state index is 13.1. The second-order valence-electron chi connectivity index (χ2n) is 10.5. The number of aromatic nitrogens is 3. The van der Waals surface area contributed by atoms with Crippen molar-refractivity contribution in [2.75, 3.05) is 19.6 Å². The molecule has 12 heteroatoms. The molecule has 2 amide bonds. The lowest BCUT2D eigenvalue weighted by molar-refractivity contribution is -0.121. The van der Waals surface area contributed by atoms with Crippen LogP contribution >= 0.6 is 22.9 Å². The third-order valence-electron chi connectivity index (χ3n) is 7.36. The van der Waals surface area contributed by atoms with Crippen molar-refractivity contribution in [3.63, 3.8) is 0 Å². The lowest BCUT2D eigenvalue weighted by atomic mass is 9.99. The number of nitrogens with one attached hydrogen (secondary N) is 2. The molecule has 4 N–H and O–H groups in total. The summed E-state index contributed by atoms with van der Waals surface area (Å²) in [6.45, 7) is 7.38. The van der Waals surface area contributed by atoms with E-state index < -0.39 is 6.04 Å². The smallest absolute Gasteiger partial charge is 0.287 e. The van der Waals surface area contributed by atoms with Gasteiger partial charge in [-0.15, -0.1) is 21.5 Å². The second-order valence-corrected chi connectivity index (χ2v) is 12.1. The molecule has 4 aromatic rings. The molecule has 0 bridgehead atoms. The highest BCUT2D eigenvalue weighted by molar-refractivity contribution is 7.15. The zero-order chi connectivity index (χ0) is 31.2. The fraction of sp³-hybridized carbons (Fsp3) is 0.344. The van der Waals surface area contributed by atoms with Gasteiger partial charge in [-0.3, -0.25) is 19.1 Å². The Bertz CT molecular complexity index is 1760. The summed E-state index contributed by atoms with van der Waals surface area (Å²) in [7, 11) is 0. The molecule has 0 fully saturated rings. The van der Waals surface area contributed by atoms with Gasteiger partial charge in [-0.2, -0.15) is 0 Å². The highest BCUT2D eigenvalue weighted by Crippen LogP contribution is 2.39. The quantitative estimate of drug-likeness (QED) is 0.170. The number of carbonyl (C=O) groups is 2. The van der Waals surface area contributed by atoms with E-state index in [9.17, 15) is 9.59 Å². The van der Waals surface area contributed by atoms with Crippen LogP contribution in [-0.2, 0) is 4.79 Å². The molecule has 4 heterocycles. The predicted octanol–water partition coefficient (Wildman–Crippen LogP) is 4.81. The van der Waals surface area contributed by atoms with Crippen molar-refractivity contribution in [3.8, 4) is 16.8 Å². The molecule has 0 radical (unpaired) electrons. The van der Waals surface area contributed by atoms with E-state index in [4.69, 9.17) is 26.7 Å². The maximum Gasteiger partial charge on any atom is 0.287 e. The summed E-state index contributed by atoms with van der Waals surface area (Å²) >= 11 is 7.87. The summed E-state index contributed by atoms with van der Waals surface area (Å²) in [4.78, 5) is 31.7. The third kappa shape index (κ3) is 6.94. The summed E-state index contributed by atoms with van der Waals surface area (Å²) in [5, 5.41) is 16.3. The van der Waals surface area contributed by atoms with Crippen molar-refractivity contribution < 1.29 is 14.0 Å². The Morgan fingerprint density at radius 3 is 2.59 bits per heavy atom. The number of benzene rings is 1. The van der Waals surface area contributed by atoms with E-state index in [1.807, 2.05) is 35.8 Å². The van der Waals surface area contributed by atoms with Gasteiger partial charge in [0.15, 0.2) is 11.6 Å². The number of fused-ring (bicyclic) bond motifs is 3. The molecular weight excluding hydrogens is 598 g/mol. The van der Waals surface area contributed by atoms with Gasteiger partial charge in [0.05, 0.1) is 24.2 Å². The first-order chi connectivity index (χ1) is 21.3. The Morgan fingerprint density at radius 1 is 1.09 bits per heavy atom. The van der Waals surface area contributed by atoms with Gasteiger partial charge in [-0.25, -0.2) is 0 Å². The number of carbonyl (C=O) groups excluding carboxylic acids is 2. The van der Waals surface area contributed by atoms with Crippen LogP contribution in [0.5, 0.6) is 0 Å². The number of nitrogens with zero attached hydrogens (tertiary/aromatic N) is 4. The standard InChI is InChI=1S/C32H34ClN7O3S/c1-19-20(2)44-32-28(19)29(23-9-11-24(33)12-10-23)37-25(30-39-38-21(3)40(30)32)17-27(41)35-14-5-4-6-15-36-31(42)26-16-22(18-43-26)8-7-13-34/h9-12,16,18,25H,4-6,13-15,17,34H2,1-3H3,(H,35,41)(H,36,42)/t25-/m0/s1. The van der Waals surface area contributed by atoms with Crippen molar-refractivity contribution in [1.29, 1.82) is 0 Å². The topological polar surface area (TPSA) is 140 Å². The van der Waals surface area contributed by atoms with Gasteiger partial charge in [0.2, 0.25) is 5.91 Å². The van der Waals surface area contributed by atoms with Crippen molar-refractivity contribution in [2.45, 2.75) is 52.5 Å². The molecule has 0 saturated heterocycles. The normalized spacial score (nSPS) is 13.7. The number of hydrogen-bond donors (Lipinski definition) is 3. The fourth-order valence-corrected chi connectivity index (χ4v) is 6.34. The minimum absolute atomic E-state index is 0.112. The molecule has 0 saturated carbocycles. The number of unbranched alkanes of at least 4 members (excludes halogenated alkanes) is 2. The van der Waals surface area contributed by atoms with Gasteiger partial charge in [0.1, 0.15) is 23.1 Å². The second kappa shape index (κ2) is 14.0. The molecule has 0 spiro atoms. The number of thiophene rings is 1. The molecule has 10 nitrogen and oxygen atoms in total. The first-order valence-corrected chi connectivity index (χ1v) is 15.6. The molecule has 1 aromatic carbocycles. The number of aliphatic imine (C=N–C) groups is 1. The minimum Gasteiger partial charge on any atom is -0.458 e. The summed E-state index contributed by atoms with van der Waals surface area (Å²) in [5.74, 6) is 6.77. The van der Waals surface area contributed by atoms with Crippen molar-refractivity contribution in [1.82, 2.24) is 25.4 Å². The molecule has 1 aliphatic rings. The van der Waals surface area contributed by atoms with E-state index in [-0.39, 0.29) is 30.5 Å². The van der Waals surface area contributed by atoms with Gasteiger partial charge in [0, 0.05) is 40.2 Å². The molecule has 0 unspecified atom stereocenters. The van der Waals surface area contributed by atoms with E-state index in [1.54, 1.807) is 17.4 Å². The van der Waals surface area contributed by atoms with E-state index >= 15 is 0 Å². The fourth-order valence-electron chi connectivity index (χ4n) is 5.00. The molecule has 1 aliphatic heterocycles. The Morgan fingerprint density at radius 2 is 1.84 bits per heavy atom. The molecule has 44 heavy (non-hydrogen) atoms. The number of nitrogens with two attached hydrogens (primary N) is 1.